The highest BCUT2D eigenvalue weighted by Crippen LogP contribution is 2.32. The summed E-state index contributed by atoms with van der Waals surface area (Å²) in [5, 5.41) is 4.56. The van der Waals surface area contributed by atoms with Gasteiger partial charge >= 0.3 is 0 Å². The molecule has 3 rings (SSSR count). The molecule has 1 aromatic rings. The number of ether oxygens (including phenoxy) is 1. The van der Waals surface area contributed by atoms with Crippen LogP contribution < -0.4 is 15.8 Å². The van der Waals surface area contributed by atoms with Crippen molar-refractivity contribution in [2.75, 3.05) is 13.2 Å². The maximum Gasteiger partial charge on any atom is 0.200 e. The van der Waals surface area contributed by atoms with E-state index in [1.165, 1.54) is 6.07 Å². The van der Waals surface area contributed by atoms with E-state index >= 15 is 0 Å². The van der Waals surface area contributed by atoms with Crippen molar-refractivity contribution in [3.05, 3.63) is 41.2 Å². The Morgan fingerprint density at radius 2 is 2.24 bits per heavy atom. The van der Waals surface area contributed by atoms with Gasteiger partial charge in [0.25, 0.3) is 0 Å². The van der Waals surface area contributed by atoms with E-state index in [9.17, 15) is 8.78 Å². The Morgan fingerprint density at radius 3 is 3.00 bits per heavy atom. The highest BCUT2D eigenvalue weighted by Gasteiger charge is 2.33. The molecule has 0 amide bonds. The predicted molar refractivity (Wildman–Crippen MR) is 77.7 cm³/mol. The van der Waals surface area contributed by atoms with Crippen molar-refractivity contribution in [1.82, 2.24) is 10.2 Å². The number of rotatable bonds is 3. The first-order valence-corrected chi connectivity index (χ1v) is 7.05. The molecule has 1 aromatic carbocycles. The molecule has 0 saturated heterocycles. The molecule has 2 aliphatic heterocycles. The smallest absolute Gasteiger partial charge is 0.200 e. The largest absolute Gasteiger partial charge is 0.488 e. The molecule has 21 heavy (non-hydrogen) atoms. The summed E-state index contributed by atoms with van der Waals surface area (Å²) < 4.78 is 32.5. The second kappa shape index (κ2) is 5.57. The van der Waals surface area contributed by atoms with Crippen LogP contribution in [0, 0.1) is 11.6 Å². The first-order valence-electron chi connectivity index (χ1n) is 6.64. The first kappa shape index (κ1) is 14.2. The molecule has 111 valence electrons. The fourth-order valence-corrected chi connectivity index (χ4v) is 3.00. The highest BCUT2D eigenvalue weighted by molar-refractivity contribution is 7.80. The van der Waals surface area contributed by atoms with Gasteiger partial charge in [-0.05, 0) is 24.8 Å². The molecular weight excluding hydrogens is 296 g/mol. The number of nitrogens with two attached hydrogens (primary N) is 1. The van der Waals surface area contributed by atoms with Gasteiger partial charge in [0.2, 0.25) is 0 Å². The van der Waals surface area contributed by atoms with Crippen LogP contribution in [0.15, 0.2) is 24.0 Å². The van der Waals surface area contributed by atoms with Crippen molar-refractivity contribution in [2.45, 2.75) is 18.9 Å². The lowest BCUT2D eigenvalue weighted by molar-refractivity contribution is 0.188. The van der Waals surface area contributed by atoms with Gasteiger partial charge in [-0.1, -0.05) is 0 Å². The van der Waals surface area contributed by atoms with Gasteiger partial charge in [0.05, 0.1) is 6.04 Å². The number of halogens is 2. The van der Waals surface area contributed by atoms with E-state index in [0.29, 0.717) is 30.1 Å². The van der Waals surface area contributed by atoms with Gasteiger partial charge in [0, 0.05) is 36.4 Å². The van der Waals surface area contributed by atoms with Gasteiger partial charge < -0.3 is 15.4 Å². The van der Waals surface area contributed by atoms with E-state index in [1.807, 2.05) is 4.90 Å². The van der Waals surface area contributed by atoms with E-state index in [0.717, 1.165) is 11.8 Å². The van der Waals surface area contributed by atoms with E-state index in [4.69, 9.17) is 22.7 Å². The summed E-state index contributed by atoms with van der Waals surface area (Å²) >= 11 is 5.23. The minimum atomic E-state index is -0.671. The normalized spacial score (nSPS) is 20.7. The van der Waals surface area contributed by atoms with Crippen molar-refractivity contribution in [1.29, 1.82) is 0 Å². The zero-order valence-electron chi connectivity index (χ0n) is 11.2. The van der Waals surface area contributed by atoms with Crippen LogP contribution in [0.4, 0.5) is 8.78 Å². The van der Waals surface area contributed by atoms with Gasteiger partial charge in [0.15, 0.2) is 16.7 Å². The first-order chi connectivity index (χ1) is 10.1. The van der Waals surface area contributed by atoms with Crippen LogP contribution in [0.1, 0.15) is 12.0 Å². The van der Waals surface area contributed by atoms with Crippen molar-refractivity contribution >= 4 is 17.3 Å². The molecule has 0 bridgehead atoms. The van der Waals surface area contributed by atoms with Gasteiger partial charge in [0.1, 0.15) is 12.4 Å². The van der Waals surface area contributed by atoms with Crippen LogP contribution in [-0.2, 0) is 6.42 Å². The van der Waals surface area contributed by atoms with Gasteiger partial charge in [-0.3, -0.25) is 0 Å². The molecule has 0 spiro atoms. The van der Waals surface area contributed by atoms with Crippen LogP contribution >= 0.6 is 12.2 Å². The van der Waals surface area contributed by atoms with E-state index in [-0.39, 0.29) is 18.4 Å². The lowest BCUT2D eigenvalue weighted by atomic mass is 10.0. The molecule has 0 fully saturated rings. The molecule has 0 unspecified atom stereocenters. The number of fused-ring (bicyclic) bond motifs is 1. The van der Waals surface area contributed by atoms with Crippen LogP contribution in [-0.4, -0.2) is 29.2 Å². The average Bonchev–Trinajstić information content (AvgIpc) is 2.79. The Bertz CT molecular complexity index is 620. The lowest BCUT2D eigenvalue weighted by Gasteiger charge is -2.34. The monoisotopic (exact) mass is 310 g/mol. The number of nitrogens with zero attached hydrogens (tertiary/aromatic N) is 2. The average molecular weight is 310 g/mol. The molecular formula is C14H14F2N3OS. The molecule has 0 aromatic heterocycles. The Kier molecular flexibility index (Phi) is 3.77. The molecule has 0 aliphatic carbocycles. The zero-order chi connectivity index (χ0) is 15.0. The summed E-state index contributed by atoms with van der Waals surface area (Å²) in [7, 11) is 0. The summed E-state index contributed by atoms with van der Waals surface area (Å²) in [6.07, 6.45) is 2.78. The van der Waals surface area contributed by atoms with Crippen molar-refractivity contribution in [3.63, 3.8) is 0 Å². The summed E-state index contributed by atoms with van der Waals surface area (Å²) in [6.45, 7) is 0.751. The zero-order valence-corrected chi connectivity index (χ0v) is 12.0. The minimum absolute atomic E-state index is 0.124. The Balaban J connectivity index is 1.86. The van der Waals surface area contributed by atoms with E-state index in [2.05, 4.69) is 5.32 Å². The third kappa shape index (κ3) is 2.58. The maximum absolute atomic E-state index is 13.7. The number of thiocarbonyl (C=S) groups is 1. The number of hydrogen-bond donors (Lipinski definition) is 1. The second-order valence-corrected chi connectivity index (χ2v) is 5.35. The van der Waals surface area contributed by atoms with Crippen molar-refractivity contribution in [2.24, 2.45) is 5.73 Å². The highest BCUT2D eigenvalue weighted by atomic mass is 32.1. The molecule has 1 radical (unpaired) electrons. The van der Waals surface area contributed by atoms with Crippen LogP contribution in [0.25, 0.3) is 0 Å². The van der Waals surface area contributed by atoms with Crippen LogP contribution in [0.5, 0.6) is 5.75 Å². The predicted octanol–water partition coefficient (Wildman–Crippen LogP) is 1.66. The SMILES string of the molecule is NCCC1=C[N]C(=S)N1[C@@H]1COc2c(F)cc(F)cc2C1. The standard InChI is InChI=1S/C14H14F2N3OS/c15-9-3-8-4-11(7-20-13(8)12(16)5-9)19-10(1-2-17)6-18-14(19)21/h3,5-6,11H,1-2,4,7,17H2/t11-/m0/s1. The molecule has 0 saturated carbocycles. The quantitative estimate of drug-likeness (QED) is 0.863. The summed E-state index contributed by atoms with van der Waals surface area (Å²) in [4.78, 5) is 1.87. The van der Waals surface area contributed by atoms with Crippen LogP contribution in [0.2, 0.25) is 0 Å². The van der Waals surface area contributed by atoms with Crippen molar-refractivity contribution in [3.8, 4) is 5.75 Å². The van der Waals surface area contributed by atoms with Gasteiger partial charge in [-0.2, -0.15) is 0 Å². The van der Waals surface area contributed by atoms with Gasteiger partial charge in [-0.15, -0.1) is 0 Å². The molecule has 7 heteroatoms. The Hall–Kier alpha value is -1.73. The molecule has 2 N–H and O–H groups in total. The molecule has 2 aliphatic rings. The third-order valence-corrected chi connectivity index (χ3v) is 3.87. The number of benzene rings is 1. The molecule has 1 atom stereocenters. The summed E-state index contributed by atoms with van der Waals surface area (Å²) in [5.74, 6) is -1.16. The summed E-state index contributed by atoms with van der Waals surface area (Å²) in [6, 6.07) is 2.00. The second-order valence-electron chi connectivity index (χ2n) is 4.99. The topological polar surface area (TPSA) is 52.6 Å². The number of hydrogen-bond acceptors (Lipinski definition) is 3. The molecule has 4 nitrogen and oxygen atoms in total. The Labute approximate surface area is 126 Å². The van der Waals surface area contributed by atoms with Gasteiger partial charge in [-0.25, -0.2) is 14.1 Å². The summed E-state index contributed by atoms with van der Waals surface area (Å²) in [5.41, 5.74) is 7.00. The fourth-order valence-electron chi connectivity index (χ4n) is 2.69. The third-order valence-electron chi connectivity index (χ3n) is 3.57. The fraction of sp³-hybridized carbons (Fsp3) is 0.357. The Morgan fingerprint density at radius 1 is 1.43 bits per heavy atom. The van der Waals surface area contributed by atoms with E-state index < -0.39 is 11.6 Å². The van der Waals surface area contributed by atoms with Crippen LogP contribution in [0.3, 0.4) is 0 Å². The minimum Gasteiger partial charge on any atom is -0.488 e. The van der Waals surface area contributed by atoms with E-state index in [1.54, 1.807) is 6.20 Å². The van der Waals surface area contributed by atoms with Crippen molar-refractivity contribution < 1.29 is 13.5 Å². The molecule has 2 heterocycles. The maximum atomic E-state index is 13.7. The lowest BCUT2D eigenvalue weighted by Crippen LogP contribution is -2.44.